The van der Waals surface area contributed by atoms with E-state index in [-0.39, 0.29) is 0 Å². The van der Waals surface area contributed by atoms with Gasteiger partial charge in [-0.3, -0.25) is 4.90 Å². The molecule has 2 aromatic heterocycles. The maximum absolute atomic E-state index is 5.24. The number of benzene rings is 1. The standard InChI is InChI=1S/C20H21N5O/c1-26-17-4-2-15(3-5-17)12-25-8-6-18-19(7-9-25)23-14-24-20(18)16-10-21-13-22-11-16/h2-5,10-11,13-14H,6-9,12H2,1H3. The molecule has 1 aromatic carbocycles. The van der Waals surface area contributed by atoms with E-state index in [0.717, 1.165) is 55.2 Å². The van der Waals surface area contributed by atoms with Gasteiger partial charge in [0.05, 0.1) is 12.8 Å². The minimum Gasteiger partial charge on any atom is -0.497 e. The van der Waals surface area contributed by atoms with Gasteiger partial charge < -0.3 is 4.74 Å². The molecule has 0 aliphatic carbocycles. The van der Waals surface area contributed by atoms with Gasteiger partial charge in [-0.1, -0.05) is 12.1 Å². The zero-order valence-electron chi connectivity index (χ0n) is 14.8. The molecule has 3 heterocycles. The van der Waals surface area contributed by atoms with Crippen LogP contribution in [-0.2, 0) is 19.4 Å². The van der Waals surface area contributed by atoms with E-state index in [1.807, 2.05) is 24.5 Å². The Labute approximate surface area is 152 Å². The third-order valence-electron chi connectivity index (χ3n) is 4.78. The van der Waals surface area contributed by atoms with Crippen LogP contribution >= 0.6 is 0 Å². The number of hydrogen-bond acceptors (Lipinski definition) is 6. The van der Waals surface area contributed by atoms with Crippen molar-refractivity contribution in [2.75, 3.05) is 20.2 Å². The lowest BCUT2D eigenvalue weighted by molar-refractivity contribution is 0.279. The van der Waals surface area contributed by atoms with Crippen molar-refractivity contribution in [3.8, 4) is 17.0 Å². The van der Waals surface area contributed by atoms with Crippen LogP contribution in [0.15, 0.2) is 49.3 Å². The Morgan fingerprint density at radius 1 is 0.962 bits per heavy atom. The smallest absolute Gasteiger partial charge is 0.118 e. The second-order valence-corrected chi connectivity index (χ2v) is 6.40. The van der Waals surface area contributed by atoms with Gasteiger partial charge in [0.2, 0.25) is 0 Å². The third-order valence-corrected chi connectivity index (χ3v) is 4.78. The molecule has 0 bridgehead atoms. The predicted molar refractivity (Wildman–Crippen MR) is 98.7 cm³/mol. The highest BCUT2D eigenvalue weighted by Gasteiger charge is 2.19. The molecule has 0 N–H and O–H groups in total. The Kier molecular flexibility index (Phi) is 4.84. The van der Waals surface area contributed by atoms with Crippen LogP contribution in [0.5, 0.6) is 5.75 Å². The van der Waals surface area contributed by atoms with Crippen LogP contribution in [0.25, 0.3) is 11.3 Å². The van der Waals surface area contributed by atoms with E-state index in [1.54, 1.807) is 19.8 Å². The van der Waals surface area contributed by atoms with Gasteiger partial charge in [0.15, 0.2) is 0 Å². The van der Waals surface area contributed by atoms with Crippen LogP contribution in [0.3, 0.4) is 0 Å². The van der Waals surface area contributed by atoms with Crippen molar-refractivity contribution in [2.45, 2.75) is 19.4 Å². The van der Waals surface area contributed by atoms with Crippen LogP contribution in [0.2, 0.25) is 0 Å². The molecule has 0 unspecified atom stereocenters. The van der Waals surface area contributed by atoms with Crippen molar-refractivity contribution in [1.82, 2.24) is 24.8 Å². The van der Waals surface area contributed by atoms with Gasteiger partial charge >= 0.3 is 0 Å². The number of ether oxygens (including phenoxy) is 1. The molecule has 0 atom stereocenters. The second kappa shape index (κ2) is 7.58. The molecule has 3 aromatic rings. The Hall–Kier alpha value is -2.86. The van der Waals surface area contributed by atoms with Gasteiger partial charge in [0.25, 0.3) is 0 Å². The second-order valence-electron chi connectivity index (χ2n) is 6.40. The largest absolute Gasteiger partial charge is 0.497 e. The van der Waals surface area contributed by atoms with Crippen LogP contribution < -0.4 is 4.74 Å². The average Bonchev–Trinajstić information content (AvgIpc) is 2.92. The number of aromatic nitrogens is 4. The first-order chi connectivity index (χ1) is 12.8. The summed E-state index contributed by atoms with van der Waals surface area (Å²) in [5.41, 5.74) is 5.56. The first-order valence-corrected chi connectivity index (χ1v) is 8.77. The van der Waals surface area contributed by atoms with Crippen molar-refractivity contribution < 1.29 is 4.74 Å². The Morgan fingerprint density at radius 2 is 1.73 bits per heavy atom. The molecule has 0 saturated heterocycles. The fraction of sp³-hybridized carbons (Fsp3) is 0.300. The molecule has 0 saturated carbocycles. The summed E-state index contributed by atoms with van der Waals surface area (Å²) >= 11 is 0. The van der Waals surface area contributed by atoms with E-state index in [2.05, 4.69) is 37.0 Å². The number of nitrogens with zero attached hydrogens (tertiary/aromatic N) is 5. The van der Waals surface area contributed by atoms with Crippen molar-refractivity contribution in [1.29, 1.82) is 0 Å². The third kappa shape index (κ3) is 3.55. The Morgan fingerprint density at radius 3 is 2.50 bits per heavy atom. The zero-order valence-corrected chi connectivity index (χ0v) is 14.8. The van der Waals surface area contributed by atoms with Gasteiger partial charge in [-0.15, -0.1) is 0 Å². The number of rotatable bonds is 4. The summed E-state index contributed by atoms with van der Waals surface area (Å²) in [6.45, 7) is 2.89. The maximum atomic E-state index is 5.24. The maximum Gasteiger partial charge on any atom is 0.118 e. The first-order valence-electron chi connectivity index (χ1n) is 8.77. The molecule has 0 radical (unpaired) electrons. The lowest BCUT2D eigenvalue weighted by Crippen LogP contribution is -2.25. The summed E-state index contributed by atoms with van der Waals surface area (Å²) in [4.78, 5) is 19.8. The fourth-order valence-corrected chi connectivity index (χ4v) is 3.39. The summed E-state index contributed by atoms with van der Waals surface area (Å²) in [7, 11) is 1.69. The minimum atomic E-state index is 0.891. The van der Waals surface area contributed by atoms with Crippen LogP contribution in [0.1, 0.15) is 16.8 Å². The number of fused-ring (bicyclic) bond motifs is 1. The van der Waals surface area contributed by atoms with E-state index in [4.69, 9.17) is 4.74 Å². The SMILES string of the molecule is COc1ccc(CN2CCc3ncnc(-c4cncnc4)c3CC2)cc1. The van der Waals surface area contributed by atoms with Gasteiger partial charge in [0.1, 0.15) is 18.4 Å². The summed E-state index contributed by atoms with van der Waals surface area (Å²) in [6.07, 6.45) is 8.68. The molecule has 0 amide bonds. The van der Waals surface area contributed by atoms with Crippen LogP contribution in [-0.4, -0.2) is 45.0 Å². The molecule has 1 aliphatic rings. The van der Waals surface area contributed by atoms with Crippen molar-refractivity contribution in [3.63, 3.8) is 0 Å². The summed E-state index contributed by atoms with van der Waals surface area (Å²) in [5, 5.41) is 0. The Balaban J connectivity index is 1.52. The van der Waals surface area contributed by atoms with Crippen LogP contribution in [0, 0.1) is 0 Å². The van der Waals surface area contributed by atoms with E-state index in [1.165, 1.54) is 11.1 Å². The van der Waals surface area contributed by atoms with Crippen LogP contribution in [0.4, 0.5) is 0 Å². The summed E-state index contributed by atoms with van der Waals surface area (Å²) in [6, 6.07) is 8.29. The highest BCUT2D eigenvalue weighted by Crippen LogP contribution is 2.25. The monoisotopic (exact) mass is 347 g/mol. The summed E-state index contributed by atoms with van der Waals surface area (Å²) in [5.74, 6) is 0.891. The van der Waals surface area contributed by atoms with E-state index in [9.17, 15) is 0 Å². The van der Waals surface area contributed by atoms with Crippen molar-refractivity contribution in [2.24, 2.45) is 0 Å². The zero-order chi connectivity index (χ0) is 17.8. The van der Waals surface area contributed by atoms with E-state index in [0.29, 0.717) is 0 Å². The molecular weight excluding hydrogens is 326 g/mol. The first kappa shape index (κ1) is 16.6. The lowest BCUT2D eigenvalue weighted by atomic mass is 10.0. The van der Waals surface area contributed by atoms with E-state index >= 15 is 0 Å². The number of hydrogen-bond donors (Lipinski definition) is 0. The molecule has 6 heteroatoms. The molecule has 1 aliphatic heterocycles. The Bertz CT molecular complexity index is 867. The molecule has 6 nitrogen and oxygen atoms in total. The number of methoxy groups -OCH3 is 1. The van der Waals surface area contributed by atoms with Gasteiger partial charge in [0, 0.05) is 55.3 Å². The topological polar surface area (TPSA) is 64.0 Å². The summed E-state index contributed by atoms with van der Waals surface area (Å²) < 4.78 is 5.24. The highest BCUT2D eigenvalue weighted by molar-refractivity contribution is 5.62. The lowest BCUT2D eigenvalue weighted by Gasteiger charge is -2.19. The minimum absolute atomic E-state index is 0.891. The molecular formula is C20H21N5O. The molecule has 4 rings (SSSR count). The predicted octanol–water partition coefficient (Wildman–Crippen LogP) is 2.54. The molecule has 26 heavy (non-hydrogen) atoms. The van der Waals surface area contributed by atoms with Gasteiger partial charge in [-0.05, 0) is 24.1 Å². The average molecular weight is 347 g/mol. The highest BCUT2D eigenvalue weighted by atomic mass is 16.5. The van der Waals surface area contributed by atoms with Crippen molar-refractivity contribution in [3.05, 3.63) is 66.1 Å². The normalized spacial score (nSPS) is 14.5. The van der Waals surface area contributed by atoms with Gasteiger partial charge in [-0.2, -0.15) is 0 Å². The quantitative estimate of drug-likeness (QED) is 0.723. The molecule has 0 fully saturated rings. The van der Waals surface area contributed by atoms with E-state index < -0.39 is 0 Å². The molecule has 0 spiro atoms. The van der Waals surface area contributed by atoms with Gasteiger partial charge in [-0.25, -0.2) is 19.9 Å². The molecule has 132 valence electrons. The fourth-order valence-electron chi connectivity index (χ4n) is 3.39. The van der Waals surface area contributed by atoms with Crippen molar-refractivity contribution >= 4 is 0 Å².